The van der Waals surface area contributed by atoms with Crippen molar-refractivity contribution in [3.8, 4) is 17.2 Å². The second-order valence-corrected chi connectivity index (χ2v) is 6.79. The topological polar surface area (TPSA) is 56.8 Å². The molecule has 152 valence electrons. The summed E-state index contributed by atoms with van der Waals surface area (Å²) in [5.74, 6) is 0.873. The Morgan fingerprint density at radius 3 is 2.25 bits per heavy atom. The summed E-state index contributed by atoms with van der Waals surface area (Å²) < 4.78 is 40.4. The van der Waals surface area contributed by atoms with Gasteiger partial charge in [0.2, 0.25) is 5.91 Å². The van der Waals surface area contributed by atoms with Crippen LogP contribution in [0.3, 0.4) is 0 Å². The van der Waals surface area contributed by atoms with E-state index in [4.69, 9.17) is 9.47 Å². The van der Waals surface area contributed by atoms with Crippen LogP contribution in [-0.4, -0.2) is 33.3 Å². The SMILES string of the molecule is COc1ccc(CCC(=O)NCCc2ccc(OC)c(OC(F)F)c2)cc1Br. The Hall–Kier alpha value is -2.35. The molecule has 0 unspecified atom stereocenters. The Morgan fingerprint density at radius 2 is 1.64 bits per heavy atom. The number of rotatable bonds is 10. The molecule has 0 heterocycles. The number of carbonyl (C=O) groups is 1. The van der Waals surface area contributed by atoms with Gasteiger partial charge in [-0.3, -0.25) is 4.79 Å². The molecule has 0 fully saturated rings. The minimum absolute atomic E-state index is 0.0218. The van der Waals surface area contributed by atoms with Gasteiger partial charge in [-0.25, -0.2) is 0 Å². The molecule has 0 saturated carbocycles. The first kappa shape index (κ1) is 21.9. The maximum absolute atomic E-state index is 12.5. The highest BCUT2D eigenvalue weighted by Crippen LogP contribution is 2.29. The van der Waals surface area contributed by atoms with Crippen molar-refractivity contribution < 1.29 is 27.8 Å². The van der Waals surface area contributed by atoms with Gasteiger partial charge in [-0.05, 0) is 64.2 Å². The third-order valence-corrected chi connectivity index (χ3v) is 4.66. The van der Waals surface area contributed by atoms with E-state index in [9.17, 15) is 13.6 Å². The summed E-state index contributed by atoms with van der Waals surface area (Å²) in [5, 5.41) is 2.83. The lowest BCUT2D eigenvalue weighted by atomic mass is 10.1. The molecular weight excluding hydrogens is 436 g/mol. The molecule has 0 radical (unpaired) electrons. The van der Waals surface area contributed by atoms with E-state index < -0.39 is 6.61 Å². The van der Waals surface area contributed by atoms with E-state index in [0.717, 1.165) is 21.3 Å². The summed E-state index contributed by atoms with van der Waals surface area (Å²) in [6, 6.07) is 10.5. The summed E-state index contributed by atoms with van der Waals surface area (Å²) in [7, 11) is 2.98. The molecule has 0 aliphatic rings. The minimum Gasteiger partial charge on any atom is -0.496 e. The van der Waals surface area contributed by atoms with Gasteiger partial charge >= 0.3 is 6.61 Å². The van der Waals surface area contributed by atoms with Gasteiger partial charge < -0.3 is 19.5 Å². The van der Waals surface area contributed by atoms with E-state index in [1.807, 2.05) is 18.2 Å². The van der Waals surface area contributed by atoms with Gasteiger partial charge in [0.15, 0.2) is 11.5 Å². The number of hydrogen-bond donors (Lipinski definition) is 1. The molecule has 1 N–H and O–H groups in total. The standard InChI is InChI=1S/C20H22BrF2NO4/c1-26-16-6-3-13(11-15(16)21)5-8-19(25)24-10-9-14-4-7-17(27-2)18(12-14)28-20(22)23/h3-4,6-7,11-12,20H,5,8-10H2,1-2H3,(H,24,25). The molecule has 2 aromatic carbocycles. The maximum atomic E-state index is 12.5. The largest absolute Gasteiger partial charge is 0.496 e. The van der Waals surface area contributed by atoms with Crippen LogP contribution in [0.2, 0.25) is 0 Å². The molecule has 0 bridgehead atoms. The van der Waals surface area contributed by atoms with E-state index in [1.54, 1.807) is 19.2 Å². The van der Waals surface area contributed by atoms with Crippen molar-refractivity contribution in [2.24, 2.45) is 0 Å². The fourth-order valence-corrected chi connectivity index (χ4v) is 3.21. The molecule has 2 rings (SSSR count). The molecular formula is C20H22BrF2NO4. The number of amides is 1. The number of halogens is 3. The Bertz CT molecular complexity index is 802. The first-order valence-corrected chi connectivity index (χ1v) is 9.43. The molecule has 1 amide bonds. The third kappa shape index (κ3) is 6.67. The van der Waals surface area contributed by atoms with E-state index in [-0.39, 0.29) is 17.4 Å². The zero-order valence-electron chi connectivity index (χ0n) is 15.6. The highest BCUT2D eigenvalue weighted by Gasteiger charge is 2.11. The summed E-state index contributed by atoms with van der Waals surface area (Å²) in [5.41, 5.74) is 1.78. The molecule has 0 spiro atoms. The maximum Gasteiger partial charge on any atom is 0.387 e. The van der Waals surface area contributed by atoms with Gasteiger partial charge in [0.05, 0.1) is 18.7 Å². The van der Waals surface area contributed by atoms with Crippen LogP contribution in [0.25, 0.3) is 0 Å². The predicted molar refractivity (Wildman–Crippen MR) is 105 cm³/mol. The second kappa shape index (κ2) is 10.8. The number of ether oxygens (including phenoxy) is 3. The second-order valence-electron chi connectivity index (χ2n) is 5.93. The summed E-state index contributed by atoms with van der Waals surface area (Å²) in [6.45, 7) is -2.53. The summed E-state index contributed by atoms with van der Waals surface area (Å²) >= 11 is 3.42. The predicted octanol–water partition coefficient (Wildman–Crippen LogP) is 4.36. The highest BCUT2D eigenvalue weighted by atomic mass is 79.9. The number of carbonyl (C=O) groups excluding carboxylic acids is 1. The van der Waals surface area contributed by atoms with Crippen LogP contribution in [0.1, 0.15) is 17.5 Å². The molecule has 2 aromatic rings. The van der Waals surface area contributed by atoms with Gasteiger partial charge in [0.1, 0.15) is 5.75 Å². The Labute approximate surface area is 171 Å². The fraction of sp³-hybridized carbons (Fsp3) is 0.350. The average Bonchev–Trinajstić information content (AvgIpc) is 2.66. The zero-order valence-corrected chi connectivity index (χ0v) is 17.2. The number of methoxy groups -OCH3 is 2. The van der Waals surface area contributed by atoms with Crippen molar-refractivity contribution in [3.05, 3.63) is 52.0 Å². The highest BCUT2D eigenvalue weighted by molar-refractivity contribution is 9.10. The Kier molecular flexibility index (Phi) is 8.50. The lowest BCUT2D eigenvalue weighted by molar-refractivity contribution is -0.121. The quantitative estimate of drug-likeness (QED) is 0.575. The molecule has 5 nitrogen and oxygen atoms in total. The van der Waals surface area contributed by atoms with Crippen LogP contribution in [0.4, 0.5) is 8.78 Å². The van der Waals surface area contributed by atoms with Crippen LogP contribution in [-0.2, 0) is 17.6 Å². The first-order valence-electron chi connectivity index (χ1n) is 8.63. The van der Waals surface area contributed by atoms with Crippen molar-refractivity contribution in [2.45, 2.75) is 25.9 Å². The monoisotopic (exact) mass is 457 g/mol. The van der Waals surface area contributed by atoms with E-state index in [2.05, 4.69) is 26.0 Å². The Morgan fingerprint density at radius 1 is 1.00 bits per heavy atom. The molecule has 8 heteroatoms. The molecule has 0 aliphatic heterocycles. The normalized spacial score (nSPS) is 10.6. The molecule has 0 aromatic heterocycles. The van der Waals surface area contributed by atoms with Crippen LogP contribution in [0.5, 0.6) is 17.2 Å². The number of aryl methyl sites for hydroxylation is 1. The number of hydrogen-bond acceptors (Lipinski definition) is 4. The van der Waals surface area contributed by atoms with Crippen molar-refractivity contribution in [2.75, 3.05) is 20.8 Å². The van der Waals surface area contributed by atoms with Gasteiger partial charge in [-0.1, -0.05) is 12.1 Å². The first-order chi connectivity index (χ1) is 13.4. The summed E-state index contributed by atoms with van der Waals surface area (Å²) in [4.78, 5) is 12.0. The van der Waals surface area contributed by atoms with E-state index in [0.29, 0.717) is 25.8 Å². The van der Waals surface area contributed by atoms with Gasteiger partial charge in [0, 0.05) is 13.0 Å². The van der Waals surface area contributed by atoms with Gasteiger partial charge in [-0.15, -0.1) is 0 Å². The zero-order chi connectivity index (χ0) is 20.5. The molecule has 28 heavy (non-hydrogen) atoms. The average molecular weight is 458 g/mol. The van der Waals surface area contributed by atoms with E-state index >= 15 is 0 Å². The minimum atomic E-state index is -2.93. The molecule has 0 saturated heterocycles. The fourth-order valence-electron chi connectivity index (χ4n) is 2.62. The van der Waals surface area contributed by atoms with Crippen LogP contribution < -0.4 is 19.5 Å². The van der Waals surface area contributed by atoms with Crippen molar-refractivity contribution in [1.82, 2.24) is 5.32 Å². The Balaban J connectivity index is 1.81. The third-order valence-electron chi connectivity index (χ3n) is 4.04. The number of nitrogens with one attached hydrogen (secondary N) is 1. The van der Waals surface area contributed by atoms with Gasteiger partial charge in [0.25, 0.3) is 0 Å². The molecule has 0 aliphatic carbocycles. The van der Waals surface area contributed by atoms with Crippen molar-refractivity contribution in [3.63, 3.8) is 0 Å². The number of benzene rings is 2. The van der Waals surface area contributed by atoms with Gasteiger partial charge in [-0.2, -0.15) is 8.78 Å². The van der Waals surface area contributed by atoms with Crippen LogP contribution in [0, 0.1) is 0 Å². The van der Waals surface area contributed by atoms with Crippen LogP contribution >= 0.6 is 15.9 Å². The van der Waals surface area contributed by atoms with Crippen molar-refractivity contribution in [1.29, 1.82) is 0 Å². The van der Waals surface area contributed by atoms with Crippen molar-refractivity contribution >= 4 is 21.8 Å². The number of alkyl halides is 2. The lowest BCUT2D eigenvalue weighted by Crippen LogP contribution is -2.25. The lowest BCUT2D eigenvalue weighted by Gasteiger charge is -2.12. The molecule has 0 atom stereocenters. The van der Waals surface area contributed by atoms with Crippen LogP contribution in [0.15, 0.2) is 40.9 Å². The van der Waals surface area contributed by atoms with E-state index in [1.165, 1.54) is 13.2 Å². The summed E-state index contributed by atoms with van der Waals surface area (Å²) in [6.07, 6.45) is 1.44. The smallest absolute Gasteiger partial charge is 0.387 e.